The van der Waals surface area contributed by atoms with Crippen LogP contribution in [0.1, 0.15) is 0 Å². The van der Waals surface area contributed by atoms with Crippen molar-refractivity contribution in [1.29, 1.82) is 0 Å². The molecule has 0 saturated carbocycles. The minimum atomic E-state index is -1.34. The molecule has 1 atom stereocenters. The highest BCUT2D eigenvalue weighted by Crippen LogP contribution is 1.82. The van der Waals surface area contributed by atoms with Crippen molar-refractivity contribution in [2.45, 2.75) is 6.41 Å². The van der Waals surface area contributed by atoms with Crippen LogP contribution >= 0.6 is 0 Å². The first-order valence-corrected chi connectivity index (χ1v) is 1.56. The van der Waals surface area contributed by atoms with Gasteiger partial charge in [-0.25, -0.2) is 0 Å². The Hall–Kier alpha value is -0.770. The van der Waals surface area contributed by atoms with Gasteiger partial charge >= 0.3 is 0 Å². The standard InChI is InChI=1S/C2H5N3O2/c1-7-2(6)4-5-3/h2,6H,1H3/t2-/m0/s1. The predicted octanol–water partition coefficient (Wildman–Crippen LogP) is 0.219. The van der Waals surface area contributed by atoms with Crippen LogP contribution in [0.15, 0.2) is 5.11 Å². The topological polar surface area (TPSA) is 78.2 Å². The number of nitrogens with zero attached hydrogens (tertiary/aromatic N) is 3. The molecule has 0 spiro atoms. The zero-order valence-corrected chi connectivity index (χ0v) is 3.77. The number of azide groups is 1. The first kappa shape index (κ1) is 6.23. The van der Waals surface area contributed by atoms with Crippen LogP contribution in [-0.2, 0) is 4.74 Å². The average Bonchev–Trinajstić information content (AvgIpc) is 1.68. The Morgan fingerprint density at radius 1 is 2.00 bits per heavy atom. The zero-order valence-electron chi connectivity index (χ0n) is 3.77. The van der Waals surface area contributed by atoms with Crippen LogP contribution in [-0.4, -0.2) is 18.6 Å². The quantitative estimate of drug-likeness (QED) is 0.235. The summed E-state index contributed by atoms with van der Waals surface area (Å²) in [5.74, 6) is 0. The lowest BCUT2D eigenvalue weighted by Gasteiger charge is -1.94. The molecule has 0 heterocycles. The van der Waals surface area contributed by atoms with E-state index in [1.807, 2.05) is 0 Å². The second kappa shape index (κ2) is 3.42. The molecule has 0 bridgehead atoms. The molecule has 1 N–H and O–H groups in total. The van der Waals surface area contributed by atoms with Crippen LogP contribution in [0.4, 0.5) is 0 Å². The van der Waals surface area contributed by atoms with Crippen LogP contribution in [0, 0.1) is 0 Å². The largest absolute Gasteiger partial charge is 0.363 e. The molecule has 5 heteroatoms. The van der Waals surface area contributed by atoms with E-state index in [0.717, 1.165) is 0 Å². The minimum absolute atomic E-state index is 1.24. The summed E-state index contributed by atoms with van der Waals surface area (Å²) in [6.45, 7) is 0. The Morgan fingerprint density at radius 2 is 2.57 bits per heavy atom. The number of aliphatic hydroxyl groups excluding tert-OH is 1. The maximum absolute atomic E-state index is 8.22. The molecule has 0 aromatic carbocycles. The summed E-state index contributed by atoms with van der Waals surface area (Å²) >= 11 is 0. The molecule has 0 rings (SSSR count). The zero-order chi connectivity index (χ0) is 5.70. The lowest BCUT2D eigenvalue weighted by Crippen LogP contribution is -2.01. The van der Waals surface area contributed by atoms with Gasteiger partial charge in [-0.2, -0.15) is 0 Å². The molecular weight excluding hydrogens is 98.0 g/mol. The molecule has 0 fully saturated rings. The van der Waals surface area contributed by atoms with E-state index in [4.69, 9.17) is 10.6 Å². The van der Waals surface area contributed by atoms with Gasteiger partial charge in [0.1, 0.15) is 0 Å². The van der Waals surface area contributed by atoms with Crippen LogP contribution < -0.4 is 0 Å². The van der Waals surface area contributed by atoms with Crippen LogP contribution in [0.5, 0.6) is 0 Å². The molecule has 40 valence electrons. The summed E-state index contributed by atoms with van der Waals surface area (Å²) < 4.78 is 4.13. The summed E-state index contributed by atoms with van der Waals surface area (Å²) in [7, 11) is 1.24. The van der Waals surface area contributed by atoms with Gasteiger partial charge in [0.2, 0.25) is 6.41 Å². The minimum Gasteiger partial charge on any atom is -0.363 e. The first-order chi connectivity index (χ1) is 3.31. The van der Waals surface area contributed by atoms with Crippen molar-refractivity contribution in [1.82, 2.24) is 0 Å². The van der Waals surface area contributed by atoms with E-state index in [2.05, 4.69) is 14.8 Å². The Balaban J connectivity index is 3.35. The van der Waals surface area contributed by atoms with Gasteiger partial charge in [0.25, 0.3) is 0 Å². The molecular formula is C2H5N3O2. The second-order valence-corrected chi connectivity index (χ2v) is 0.767. The Kier molecular flexibility index (Phi) is 3.04. The van der Waals surface area contributed by atoms with Crippen molar-refractivity contribution >= 4 is 0 Å². The van der Waals surface area contributed by atoms with Crippen LogP contribution in [0.2, 0.25) is 0 Å². The van der Waals surface area contributed by atoms with Gasteiger partial charge in [0.05, 0.1) is 0 Å². The molecule has 0 aromatic rings. The van der Waals surface area contributed by atoms with E-state index in [1.165, 1.54) is 7.11 Å². The fraction of sp³-hybridized carbons (Fsp3) is 1.00. The van der Waals surface area contributed by atoms with E-state index in [-0.39, 0.29) is 0 Å². The first-order valence-electron chi connectivity index (χ1n) is 1.56. The molecule has 0 amide bonds. The number of rotatable bonds is 2. The van der Waals surface area contributed by atoms with E-state index in [1.54, 1.807) is 0 Å². The number of ether oxygens (including phenoxy) is 1. The van der Waals surface area contributed by atoms with Crippen molar-refractivity contribution in [3.63, 3.8) is 0 Å². The monoisotopic (exact) mass is 103 g/mol. The maximum Gasteiger partial charge on any atom is 0.235 e. The summed E-state index contributed by atoms with van der Waals surface area (Å²) in [6.07, 6.45) is -1.34. The Bertz CT molecular complexity index is 86.9. The summed E-state index contributed by atoms with van der Waals surface area (Å²) in [5, 5.41) is 11.0. The lowest BCUT2D eigenvalue weighted by molar-refractivity contribution is -0.0673. The number of aliphatic hydroxyl groups is 1. The lowest BCUT2D eigenvalue weighted by atomic mass is 11.2. The summed E-state index contributed by atoms with van der Waals surface area (Å²) in [6, 6.07) is 0. The van der Waals surface area contributed by atoms with Gasteiger partial charge in [-0.05, 0) is 10.6 Å². The molecule has 0 saturated heterocycles. The molecule has 0 aliphatic rings. The molecule has 0 aliphatic heterocycles. The third kappa shape index (κ3) is 3.05. The molecule has 0 aromatic heterocycles. The van der Waals surface area contributed by atoms with Gasteiger partial charge < -0.3 is 9.84 Å². The molecule has 0 aliphatic carbocycles. The van der Waals surface area contributed by atoms with E-state index >= 15 is 0 Å². The molecule has 0 unspecified atom stereocenters. The van der Waals surface area contributed by atoms with Gasteiger partial charge in [0, 0.05) is 12.0 Å². The highest BCUT2D eigenvalue weighted by atomic mass is 16.6. The maximum atomic E-state index is 8.22. The van der Waals surface area contributed by atoms with Gasteiger partial charge in [-0.15, -0.1) is 0 Å². The van der Waals surface area contributed by atoms with Crippen molar-refractivity contribution in [2.24, 2.45) is 5.11 Å². The van der Waals surface area contributed by atoms with Crippen molar-refractivity contribution in [3.05, 3.63) is 10.4 Å². The fourth-order valence-electron chi connectivity index (χ4n) is 0.0913. The highest BCUT2D eigenvalue weighted by molar-refractivity contribution is 4.38. The summed E-state index contributed by atoms with van der Waals surface area (Å²) in [5.41, 5.74) is 7.59. The van der Waals surface area contributed by atoms with Crippen molar-refractivity contribution in [2.75, 3.05) is 7.11 Å². The van der Waals surface area contributed by atoms with Gasteiger partial charge in [0.15, 0.2) is 0 Å². The van der Waals surface area contributed by atoms with Crippen LogP contribution in [0.3, 0.4) is 0 Å². The third-order valence-corrected chi connectivity index (χ3v) is 0.361. The molecule has 7 heavy (non-hydrogen) atoms. The molecule has 5 nitrogen and oxygen atoms in total. The van der Waals surface area contributed by atoms with Crippen LogP contribution in [0.25, 0.3) is 10.4 Å². The number of hydrogen-bond acceptors (Lipinski definition) is 3. The summed E-state index contributed by atoms with van der Waals surface area (Å²) in [4.78, 5) is 2.26. The SMILES string of the molecule is CO[C@H](O)N=[N+]=[N-]. The van der Waals surface area contributed by atoms with E-state index in [9.17, 15) is 0 Å². The Morgan fingerprint density at radius 3 is 2.71 bits per heavy atom. The van der Waals surface area contributed by atoms with Gasteiger partial charge in [-0.1, -0.05) is 0 Å². The highest BCUT2D eigenvalue weighted by Gasteiger charge is 1.89. The number of hydrogen-bond donors (Lipinski definition) is 1. The smallest absolute Gasteiger partial charge is 0.235 e. The second-order valence-electron chi connectivity index (χ2n) is 0.767. The van der Waals surface area contributed by atoms with E-state index < -0.39 is 6.41 Å². The fourth-order valence-corrected chi connectivity index (χ4v) is 0.0913. The molecule has 0 radical (unpaired) electrons. The van der Waals surface area contributed by atoms with E-state index in [0.29, 0.717) is 0 Å². The third-order valence-electron chi connectivity index (χ3n) is 0.361. The number of methoxy groups -OCH3 is 1. The average molecular weight is 103 g/mol. The Labute approximate surface area is 40.1 Å². The van der Waals surface area contributed by atoms with Crippen molar-refractivity contribution < 1.29 is 9.84 Å². The normalized spacial score (nSPS) is 12.3. The van der Waals surface area contributed by atoms with Crippen molar-refractivity contribution in [3.8, 4) is 0 Å². The van der Waals surface area contributed by atoms with Gasteiger partial charge in [-0.3, -0.25) is 0 Å². The predicted molar refractivity (Wildman–Crippen MR) is 22.2 cm³/mol.